The molecular formula is C16H17BrClNO2. The molecule has 0 spiro atoms. The fourth-order valence-electron chi connectivity index (χ4n) is 1.95. The number of phenolic OH excluding ortho intramolecular Hbond substituents is 1. The van der Waals surface area contributed by atoms with Gasteiger partial charge in [0.15, 0.2) is 11.5 Å². The molecule has 0 fully saturated rings. The number of aromatic hydroxyl groups is 1. The van der Waals surface area contributed by atoms with Gasteiger partial charge in [-0.05, 0) is 53.5 Å². The van der Waals surface area contributed by atoms with Crippen molar-refractivity contribution in [3.63, 3.8) is 0 Å². The van der Waals surface area contributed by atoms with Crippen molar-refractivity contribution in [2.45, 2.75) is 20.4 Å². The number of rotatable bonds is 5. The van der Waals surface area contributed by atoms with Gasteiger partial charge in [0.2, 0.25) is 0 Å². The Labute approximate surface area is 138 Å². The maximum absolute atomic E-state index is 10.2. The highest BCUT2D eigenvalue weighted by molar-refractivity contribution is 9.10. The third kappa shape index (κ3) is 3.83. The summed E-state index contributed by atoms with van der Waals surface area (Å²) in [5.74, 6) is 0.666. The van der Waals surface area contributed by atoms with Crippen LogP contribution in [0.5, 0.6) is 11.5 Å². The SMILES string of the molecule is CCOc1cccc(CNc2cc(Cl)c(C)cc2Br)c1O. The van der Waals surface area contributed by atoms with Crippen LogP contribution < -0.4 is 10.1 Å². The Bertz CT molecular complexity index is 646. The Kier molecular flexibility index (Phi) is 5.37. The minimum Gasteiger partial charge on any atom is -0.504 e. The Morgan fingerprint density at radius 1 is 1.33 bits per heavy atom. The lowest BCUT2D eigenvalue weighted by Crippen LogP contribution is -2.02. The minimum absolute atomic E-state index is 0.168. The van der Waals surface area contributed by atoms with Crippen LogP contribution in [-0.2, 0) is 6.54 Å². The summed E-state index contributed by atoms with van der Waals surface area (Å²) >= 11 is 9.64. The summed E-state index contributed by atoms with van der Waals surface area (Å²) in [6.45, 7) is 4.83. The first-order valence-corrected chi connectivity index (χ1v) is 7.83. The monoisotopic (exact) mass is 369 g/mol. The van der Waals surface area contributed by atoms with Gasteiger partial charge in [0.25, 0.3) is 0 Å². The van der Waals surface area contributed by atoms with Crippen molar-refractivity contribution in [1.82, 2.24) is 0 Å². The van der Waals surface area contributed by atoms with Gasteiger partial charge in [-0.2, -0.15) is 0 Å². The van der Waals surface area contributed by atoms with E-state index in [0.29, 0.717) is 23.9 Å². The van der Waals surface area contributed by atoms with Gasteiger partial charge in [-0.25, -0.2) is 0 Å². The summed E-state index contributed by atoms with van der Waals surface area (Å²) in [5.41, 5.74) is 2.66. The number of hydrogen-bond acceptors (Lipinski definition) is 3. The van der Waals surface area contributed by atoms with Gasteiger partial charge in [0, 0.05) is 21.6 Å². The van der Waals surface area contributed by atoms with Gasteiger partial charge in [0.1, 0.15) is 0 Å². The second kappa shape index (κ2) is 7.05. The van der Waals surface area contributed by atoms with Crippen LogP contribution in [0.3, 0.4) is 0 Å². The van der Waals surface area contributed by atoms with Crippen molar-refractivity contribution in [2.75, 3.05) is 11.9 Å². The van der Waals surface area contributed by atoms with E-state index in [2.05, 4.69) is 21.2 Å². The van der Waals surface area contributed by atoms with E-state index in [1.807, 2.05) is 38.1 Å². The lowest BCUT2D eigenvalue weighted by molar-refractivity contribution is 0.317. The fraction of sp³-hybridized carbons (Fsp3) is 0.250. The molecule has 0 aliphatic carbocycles. The van der Waals surface area contributed by atoms with E-state index < -0.39 is 0 Å². The molecule has 2 aromatic rings. The highest BCUT2D eigenvalue weighted by Gasteiger charge is 2.09. The first-order valence-electron chi connectivity index (χ1n) is 6.66. The first kappa shape index (κ1) is 16.0. The summed E-state index contributed by atoms with van der Waals surface area (Å²) in [6, 6.07) is 9.29. The van der Waals surface area contributed by atoms with Gasteiger partial charge in [-0.3, -0.25) is 0 Å². The molecule has 3 nitrogen and oxygen atoms in total. The van der Waals surface area contributed by atoms with Crippen LogP contribution in [0.25, 0.3) is 0 Å². The quantitative estimate of drug-likeness (QED) is 0.767. The molecule has 21 heavy (non-hydrogen) atoms. The Morgan fingerprint density at radius 2 is 2.10 bits per heavy atom. The van der Waals surface area contributed by atoms with Gasteiger partial charge < -0.3 is 15.2 Å². The topological polar surface area (TPSA) is 41.5 Å². The van der Waals surface area contributed by atoms with Gasteiger partial charge in [-0.1, -0.05) is 23.7 Å². The molecule has 5 heteroatoms. The molecule has 0 amide bonds. The second-order valence-electron chi connectivity index (χ2n) is 4.63. The van der Waals surface area contributed by atoms with Gasteiger partial charge >= 0.3 is 0 Å². The normalized spacial score (nSPS) is 10.5. The summed E-state index contributed by atoms with van der Waals surface area (Å²) < 4.78 is 6.31. The Morgan fingerprint density at radius 3 is 2.81 bits per heavy atom. The molecule has 2 aromatic carbocycles. The highest BCUT2D eigenvalue weighted by atomic mass is 79.9. The predicted molar refractivity (Wildman–Crippen MR) is 90.5 cm³/mol. The van der Waals surface area contributed by atoms with Crippen LogP contribution in [0, 0.1) is 6.92 Å². The Balaban J connectivity index is 2.17. The molecule has 0 radical (unpaired) electrons. The number of halogens is 2. The Hall–Kier alpha value is -1.39. The van der Waals surface area contributed by atoms with E-state index in [9.17, 15) is 5.11 Å². The molecule has 0 aliphatic rings. The number of nitrogens with one attached hydrogen (secondary N) is 1. The van der Waals surface area contributed by atoms with E-state index in [-0.39, 0.29) is 5.75 Å². The molecule has 0 atom stereocenters. The molecule has 0 saturated carbocycles. The lowest BCUT2D eigenvalue weighted by atomic mass is 10.1. The van der Waals surface area contributed by atoms with E-state index in [1.165, 1.54) is 0 Å². The summed E-state index contributed by atoms with van der Waals surface area (Å²) in [7, 11) is 0. The van der Waals surface area contributed by atoms with E-state index in [4.69, 9.17) is 16.3 Å². The second-order valence-corrected chi connectivity index (χ2v) is 5.89. The molecule has 2 N–H and O–H groups in total. The fourth-order valence-corrected chi connectivity index (χ4v) is 2.72. The molecule has 0 unspecified atom stereocenters. The van der Waals surface area contributed by atoms with Crippen LogP contribution in [0.1, 0.15) is 18.1 Å². The van der Waals surface area contributed by atoms with E-state index in [0.717, 1.165) is 21.3 Å². The average Bonchev–Trinajstić information content (AvgIpc) is 2.45. The molecule has 0 saturated heterocycles. The molecule has 0 aromatic heterocycles. The van der Waals surface area contributed by atoms with E-state index in [1.54, 1.807) is 6.07 Å². The number of aryl methyl sites for hydroxylation is 1. The number of para-hydroxylation sites is 1. The summed E-state index contributed by atoms with van der Waals surface area (Å²) in [6.07, 6.45) is 0. The zero-order valence-corrected chi connectivity index (χ0v) is 14.3. The zero-order valence-electron chi connectivity index (χ0n) is 11.9. The number of benzene rings is 2. The summed E-state index contributed by atoms with van der Waals surface area (Å²) in [4.78, 5) is 0. The van der Waals surface area contributed by atoms with E-state index >= 15 is 0 Å². The number of phenols is 1. The van der Waals surface area contributed by atoms with Crippen molar-refractivity contribution < 1.29 is 9.84 Å². The van der Waals surface area contributed by atoms with Crippen LogP contribution >= 0.6 is 27.5 Å². The highest BCUT2D eigenvalue weighted by Crippen LogP contribution is 2.32. The molecule has 2 rings (SSSR count). The van der Waals surface area contributed by atoms with Crippen molar-refractivity contribution in [3.8, 4) is 11.5 Å². The van der Waals surface area contributed by atoms with Crippen LogP contribution in [0.15, 0.2) is 34.8 Å². The average molecular weight is 371 g/mol. The number of anilines is 1. The smallest absolute Gasteiger partial charge is 0.162 e. The molecule has 112 valence electrons. The van der Waals surface area contributed by atoms with Crippen molar-refractivity contribution in [3.05, 3.63) is 51.0 Å². The van der Waals surface area contributed by atoms with Crippen LogP contribution in [0.2, 0.25) is 5.02 Å². The third-order valence-corrected chi connectivity index (χ3v) is 4.16. The maximum atomic E-state index is 10.2. The van der Waals surface area contributed by atoms with Crippen molar-refractivity contribution in [1.29, 1.82) is 0 Å². The minimum atomic E-state index is 0.168. The molecule has 0 heterocycles. The molecule has 0 aliphatic heterocycles. The van der Waals surface area contributed by atoms with Gasteiger partial charge in [0.05, 0.1) is 12.3 Å². The number of hydrogen-bond donors (Lipinski definition) is 2. The molecular weight excluding hydrogens is 354 g/mol. The maximum Gasteiger partial charge on any atom is 0.162 e. The van der Waals surface area contributed by atoms with Crippen molar-refractivity contribution >= 4 is 33.2 Å². The number of ether oxygens (including phenoxy) is 1. The van der Waals surface area contributed by atoms with Crippen molar-refractivity contribution in [2.24, 2.45) is 0 Å². The molecule has 0 bridgehead atoms. The van der Waals surface area contributed by atoms with Crippen LogP contribution in [0.4, 0.5) is 5.69 Å². The third-order valence-electron chi connectivity index (χ3n) is 3.10. The largest absolute Gasteiger partial charge is 0.504 e. The zero-order chi connectivity index (χ0) is 15.4. The lowest BCUT2D eigenvalue weighted by Gasteiger charge is -2.13. The standard InChI is InChI=1S/C16H17BrClNO2/c1-3-21-15-6-4-5-11(16(15)20)9-19-14-8-13(18)10(2)7-12(14)17/h4-8,19-20H,3,9H2,1-2H3. The first-order chi connectivity index (χ1) is 10.0. The van der Waals surface area contributed by atoms with Gasteiger partial charge in [-0.15, -0.1) is 0 Å². The van der Waals surface area contributed by atoms with Crippen LogP contribution in [-0.4, -0.2) is 11.7 Å². The predicted octanol–water partition coefficient (Wildman–Crippen LogP) is 5.13. The summed E-state index contributed by atoms with van der Waals surface area (Å²) in [5, 5.41) is 14.1.